The highest BCUT2D eigenvalue weighted by atomic mass is 32.1. The highest BCUT2D eigenvalue weighted by Gasteiger charge is 2.07. The third kappa shape index (κ3) is 9.48. The highest BCUT2D eigenvalue weighted by Crippen LogP contribution is 2.29. The first-order valence-corrected chi connectivity index (χ1v) is 13.2. The third-order valence-electron chi connectivity index (χ3n) is 6.05. The number of hydrogen-bond acceptors (Lipinski definition) is 2. The van der Waals surface area contributed by atoms with E-state index in [1.165, 1.54) is 111 Å². The molecule has 30 heavy (non-hydrogen) atoms. The summed E-state index contributed by atoms with van der Waals surface area (Å²) in [6, 6.07) is 13.1. The molecule has 2 rings (SSSR count). The largest absolute Gasteiger partial charge is 0.192 e. The number of unbranched alkanes of at least 4 members (excludes halogenated alkanes) is 13. The summed E-state index contributed by atoms with van der Waals surface area (Å²) in [7, 11) is 0. The van der Waals surface area contributed by atoms with E-state index in [1.807, 2.05) is 17.4 Å². The summed E-state index contributed by atoms with van der Waals surface area (Å²) in [4.78, 5) is 2.64. The minimum Gasteiger partial charge on any atom is -0.192 e. The fourth-order valence-corrected chi connectivity index (χ4v) is 5.03. The first-order valence-electron chi connectivity index (χ1n) is 12.3. The van der Waals surface area contributed by atoms with Crippen LogP contribution < -0.4 is 0 Å². The lowest BCUT2D eigenvalue weighted by Crippen LogP contribution is -1.92. The van der Waals surface area contributed by atoms with Crippen molar-refractivity contribution in [2.45, 2.75) is 110 Å². The van der Waals surface area contributed by atoms with Crippen LogP contribution in [-0.4, -0.2) is 0 Å². The van der Waals surface area contributed by atoms with Crippen LogP contribution >= 0.6 is 11.3 Å². The van der Waals surface area contributed by atoms with Crippen LogP contribution in [0.2, 0.25) is 0 Å². The average Bonchev–Trinajstić information content (AvgIpc) is 3.20. The van der Waals surface area contributed by atoms with E-state index in [1.54, 1.807) is 0 Å². The van der Waals surface area contributed by atoms with Gasteiger partial charge in [-0.25, -0.2) is 0 Å². The quantitative estimate of drug-likeness (QED) is 0.246. The number of hydrogen-bond donors (Lipinski definition) is 0. The van der Waals surface area contributed by atoms with Gasteiger partial charge in [-0.2, -0.15) is 5.26 Å². The molecule has 1 aromatic heterocycles. The van der Waals surface area contributed by atoms with Crippen molar-refractivity contribution in [2.75, 3.05) is 0 Å². The summed E-state index contributed by atoms with van der Waals surface area (Å²) >= 11 is 1.83. The van der Waals surface area contributed by atoms with Gasteiger partial charge >= 0.3 is 0 Å². The molecule has 0 atom stereocenters. The number of rotatable bonds is 16. The van der Waals surface area contributed by atoms with E-state index in [0.29, 0.717) is 0 Å². The lowest BCUT2D eigenvalue weighted by molar-refractivity contribution is 0.535. The predicted octanol–water partition coefficient (Wildman–Crippen LogP) is 9.62. The zero-order valence-corrected chi connectivity index (χ0v) is 20.2. The van der Waals surface area contributed by atoms with E-state index < -0.39 is 0 Å². The topological polar surface area (TPSA) is 23.8 Å². The van der Waals surface area contributed by atoms with E-state index in [0.717, 1.165) is 12.0 Å². The molecule has 1 nitrogen and oxygen atoms in total. The van der Waals surface area contributed by atoms with E-state index in [-0.39, 0.29) is 0 Å². The number of benzene rings is 1. The maximum Gasteiger partial charge on any atom is 0.0994 e. The number of aryl methyl sites for hydroxylation is 2. The zero-order chi connectivity index (χ0) is 21.4. The van der Waals surface area contributed by atoms with Crippen LogP contribution in [0.15, 0.2) is 30.3 Å². The van der Waals surface area contributed by atoms with Gasteiger partial charge in [-0.15, -0.1) is 11.3 Å². The Balaban J connectivity index is 1.56. The van der Waals surface area contributed by atoms with Crippen LogP contribution in [0.4, 0.5) is 0 Å². The molecule has 1 aromatic carbocycles. The summed E-state index contributed by atoms with van der Waals surface area (Å²) in [5, 5.41) is 9.45. The fraction of sp³-hybridized carbons (Fsp3) is 0.607. The fourth-order valence-electron chi connectivity index (χ4n) is 4.16. The maximum atomic E-state index is 9.45. The van der Waals surface area contributed by atoms with Crippen molar-refractivity contribution in [2.24, 2.45) is 0 Å². The van der Waals surface area contributed by atoms with Crippen molar-refractivity contribution in [3.8, 4) is 16.5 Å². The Labute approximate surface area is 189 Å². The molecule has 0 amide bonds. The SMILES string of the molecule is CCCCCCCCCCCCCCCCc1cc(-c2ccc(C)s2)ccc1C#N. The Morgan fingerprint density at radius 1 is 0.733 bits per heavy atom. The van der Waals surface area contributed by atoms with Gasteiger partial charge in [0.1, 0.15) is 0 Å². The third-order valence-corrected chi connectivity index (χ3v) is 7.10. The Hall–Kier alpha value is -1.59. The summed E-state index contributed by atoms with van der Waals surface area (Å²) in [5.74, 6) is 0. The molecule has 0 aliphatic rings. The minimum absolute atomic E-state index is 0.849. The van der Waals surface area contributed by atoms with Gasteiger partial charge in [-0.05, 0) is 55.2 Å². The molecule has 0 spiro atoms. The standard InChI is InChI=1S/C28H41NS/c1-3-4-5-6-7-8-9-10-11-12-13-14-15-16-17-25-22-26(19-20-27(25)23-29)28-21-18-24(2)30-28/h18-22H,3-17H2,1-2H3. The van der Waals surface area contributed by atoms with Crippen LogP contribution in [0, 0.1) is 18.3 Å². The van der Waals surface area contributed by atoms with Crippen molar-refractivity contribution in [1.82, 2.24) is 0 Å². The Kier molecular flexibility index (Phi) is 12.5. The molecule has 0 saturated carbocycles. The summed E-state index contributed by atoms with van der Waals surface area (Å²) in [6.07, 6.45) is 20.4. The monoisotopic (exact) mass is 423 g/mol. The van der Waals surface area contributed by atoms with Crippen LogP contribution in [0.3, 0.4) is 0 Å². The van der Waals surface area contributed by atoms with Gasteiger partial charge in [0.25, 0.3) is 0 Å². The Morgan fingerprint density at radius 3 is 1.80 bits per heavy atom. The lowest BCUT2D eigenvalue weighted by Gasteiger charge is -2.07. The van der Waals surface area contributed by atoms with E-state index in [2.05, 4.69) is 44.2 Å². The molecule has 0 aliphatic carbocycles. The van der Waals surface area contributed by atoms with Gasteiger partial charge in [-0.1, -0.05) is 96.5 Å². The van der Waals surface area contributed by atoms with Gasteiger partial charge in [-0.3, -0.25) is 0 Å². The van der Waals surface area contributed by atoms with Crippen LogP contribution in [0.25, 0.3) is 10.4 Å². The highest BCUT2D eigenvalue weighted by molar-refractivity contribution is 7.15. The molecule has 0 saturated heterocycles. The molecule has 0 unspecified atom stereocenters. The first-order chi connectivity index (χ1) is 14.7. The van der Waals surface area contributed by atoms with Crippen molar-refractivity contribution < 1.29 is 0 Å². The predicted molar refractivity (Wildman–Crippen MR) is 133 cm³/mol. The zero-order valence-electron chi connectivity index (χ0n) is 19.3. The van der Waals surface area contributed by atoms with Gasteiger partial charge in [0.15, 0.2) is 0 Å². The van der Waals surface area contributed by atoms with Crippen LogP contribution in [-0.2, 0) is 6.42 Å². The second-order valence-corrected chi connectivity index (χ2v) is 10.0. The second kappa shape index (κ2) is 15.2. The van der Waals surface area contributed by atoms with E-state index >= 15 is 0 Å². The lowest BCUT2D eigenvalue weighted by atomic mass is 9.98. The van der Waals surface area contributed by atoms with Crippen molar-refractivity contribution in [1.29, 1.82) is 5.26 Å². The molecule has 0 radical (unpaired) electrons. The minimum atomic E-state index is 0.849. The Bertz CT molecular complexity index is 752. The van der Waals surface area contributed by atoms with Crippen molar-refractivity contribution >= 4 is 11.3 Å². The van der Waals surface area contributed by atoms with E-state index in [9.17, 15) is 5.26 Å². The average molecular weight is 424 g/mol. The number of thiophene rings is 1. The van der Waals surface area contributed by atoms with Gasteiger partial charge in [0.05, 0.1) is 11.6 Å². The van der Waals surface area contributed by atoms with Gasteiger partial charge < -0.3 is 0 Å². The molecular formula is C28H41NS. The van der Waals surface area contributed by atoms with Gasteiger partial charge in [0.2, 0.25) is 0 Å². The smallest absolute Gasteiger partial charge is 0.0994 e. The molecule has 0 N–H and O–H groups in total. The normalized spacial score (nSPS) is 11.0. The maximum absolute atomic E-state index is 9.45. The van der Waals surface area contributed by atoms with Crippen LogP contribution in [0.1, 0.15) is 113 Å². The van der Waals surface area contributed by atoms with E-state index in [4.69, 9.17) is 0 Å². The molecule has 0 aliphatic heterocycles. The summed E-state index contributed by atoms with van der Waals surface area (Å²) in [6.45, 7) is 4.43. The summed E-state index contributed by atoms with van der Waals surface area (Å²) in [5.41, 5.74) is 3.33. The second-order valence-electron chi connectivity index (χ2n) is 8.74. The molecule has 2 heteroatoms. The molecule has 1 heterocycles. The van der Waals surface area contributed by atoms with Crippen molar-refractivity contribution in [3.05, 3.63) is 46.3 Å². The molecular weight excluding hydrogens is 382 g/mol. The summed E-state index contributed by atoms with van der Waals surface area (Å²) < 4.78 is 0. The Morgan fingerprint density at radius 2 is 1.30 bits per heavy atom. The molecule has 0 bridgehead atoms. The molecule has 2 aromatic rings. The number of nitrogens with zero attached hydrogens (tertiary/aromatic N) is 1. The molecule has 0 fully saturated rings. The van der Waals surface area contributed by atoms with Crippen molar-refractivity contribution in [3.63, 3.8) is 0 Å². The first kappa shape index (κ1) is 24.7. The van der Waals surface area contributed by atoms with Gasteiger partial charge in [0, 0.05) is 9.75 Å². The van der Waals surface area contributed by atoms with Crippen LogP contribution in [0.5, 0.6) is 0 Å². The number of nitriles is 1. The molecule has 164 valence electrons.